The summed E-state index contributed by atoms with van der Waals surface area (Å²) in [7, 11) is 1.26. The number of amides is 1. The van der Waals surface area contributed by atoms with E-state index in [1.165, 1.54) is 13.2 Å². The molecule has 0 aliphatic heterocycles. The normalized spacial score (nSPS) is 10.5. The molecule has 4 rings (SSSR count). The maximum atomic E-state index is 12.9. The van der Waals surface area contributed by atoms with Crippen molar-refractivity contribution in [2.75, 3.05) is 19.0 Å². The monoisotopic (exact) mass is 457 g/mol. The van der Waals surface area contributed by atoms with E-state index in [-0.39, 0.29) is 22.2 Å². The summed E-state index contributed by atoms with van der Waals surface area (Å²) in [6.45, 7) is -0.595. The van der Waals surface area contributed by atoms with Crippen molar-refractivity contribution in [3.8, 4) is 5.69 Å². The van der Waals surface area contributed by atoms with Crippen molar-refractivity contribution in [3.63, 3.8) is 0 Å². The van der Waals surface area contributed by atoms with E-state index in [2.05, 4.69) is 15.2 Å². The number of hydrogen-bond donors (Lipinski definition) is 1. The number of carbonyl (C=O) groups is 3. The molecule has 1 N–H and O–H groups in total. The zero-order chi connectivity index (χ0) is 24.1. The second kappa shape index (κ2) is 9.78. The molecule has 170 valence electrons. The minimum absolute atomic E-state index is 0.0976. The molecule has 0 atom stereocenters. The Labute approximate surface area is 193 Å². The van der Waals surface area contributed by atoms with Gasteiger partial charge in [-0.05, 0) is 36.4 Å². The number of hydrogen-bond acceptors (Lipinski definition) is 7. The van der Waals surface area contributed by atoms with Crippen LogP contribution >= 0.6 is 0 Å². The highest BCUT2D eigenvalue weighted by atomic mass is 16.5. The van der Waals surface area contributed by atoms with Gasteiger partial charge >= 0.3 is 11.9 Å². The fraction of sp³-hybridized carbons (Fsp3) is 0.0800. The fourth-order valence-corrected chi connectivity index (χ4v) is 3.32. The van der Waals surface area contributed by atoms with Gasteiger partial charge in [-0.15, -0.1) is 0 Å². The van der Waals surface area contributed by atoms with Crippen LogP contribution in [0.3, 0.4) is 0 Å². The predicted octanol–water partition coefficient (Wildman–Crippen LogP) is 2.97. The highest BCUT2D eigenvalue weighted by molar-refractivity contribution is 6.03. The molecule has 34 heavy (non-hydrogen) atoms. The van der Waals surface area contributed by atoms with Gasteiger partial charge in [-0.1, -0.05) is 42.5 Å². The molecule has 1 aromatic heterocycles. The molecular formula is C25H19N3O6. The number of nitrogens with zero attached hydrogens (tertiary/aromatic N) is 2. The molecule has 1 heterocycles. The number of esters is 2. The second-order valence-electron chi connectivity index (χ2n) is 7.14. The minimum atomic E-state index is -0.862. The molecular weight excluding hydrogens is 438 g/mol. The molecule has 4 aromatic rings. The molecule has 0 saturated heterocycles. The van der Waals surface area contributed by atoms with Crippen molar-refractivity contribution in [1.29, 1.82) is 0 Å². The molecule has 0 aliphatic rings. The maximum absolute atomic E-state index is 12.9. The van der Waals surface area contributed by atoms with Crippen LogP contribution in [0.1, 0.15) is 20.8 Å². The minimum Gasteiger partial charge on any atom is -0.465 e. The first-order chi connectivity index (χ1) is 16.5. The van der Waals surface area contributed by atoms with Crippen LogP contribution in [0.5, 0.6) is 0 Å². The van der Waals surface area contributed by atoms with Crippen LogP contribution in [0.4, 0.5) is 5.69 Å². The van der Waals surface area contributed by atoms with Gasteiger partial charge in [0.2, 0.25) is 0 Å². The molecule has 9 heteroatoms. The SMILES string of the molecule is COC(=O)c1cccc(NC(=O)COC(=O)c2nn(-c3ccccc3)c(=O)c3ccccc23)c1. The van der Waals surface area contributed by atoms with Crippen molar-refractivity contribution >= 4 is 34.3 Å². The largest absolute Gasteiger partial charge is 0.465 e. The standard InChI is InChI=1S/C25H19N3O6/c1-33-24(31)16-8-7-9-17(14-16)26-21(29)15-34-25(32)22-19-12-5-6-13-20(19)23(30)28(27-22)18-10-3-2-4-11-18/h2-14H,15H2,1H3,(H,26,29). The van der Waals surface area contributed by atoms with Gasteiger partial charge in [0.05, 0.1) is 23.7 Å². The lowest BCUT2D eigenvalue weighted by molar-refractivity contribution is -0.119. The lowest BCUT2D eigenvalue weighted by Gasteiger charge is -2.11. The second-order valence-corrected chi connectivity index (χ2v) is 7.14. The summed E-state index contributed by atoms with van der Waals surface area (Å²) in [6, 6.07) is 21.4. The summed E-state index contributed by atoms with van der Waals surface area (Å²) in [5, 5.41) is 7.38. The van der Waals surface area contributed by atoms with Crippen molar-refractivity contribution in [1.82, 2.24) is 9.78 Å². The number of rotatable bonds is 6. The van der Waals surface area contributed by atoms with E-state index < -0.39 is 24.5 Å². The molecule has 0 unspecified atom stereocenters. The zero-order valence-electron chi connectivity index (χ0n) is 18.1. The van der Waals surface area contributed by atoms with Gasteiger partial charge in [0.25, 0.3) is 11.5 Å². The highest BCUT2D eigenvalue weighted by Gasteiger charge is 2.20. The van der Waals surface area contributed by atoms with Gasteiger partial charge in [0, 0.05) is 11.1 Å². The van der Waals surface area contributed by atoms with E-state index in [1.807, 2.05) is 0 Å². The first kappa shape index (κ1) is 22.4. The average Bonchev–Trinajstić information content (AvgIpc) is 2.88. The number of benzene rings is 3. The van der Waals surface area contributed by atoms with Gasteiger partial charge in [-0.2, -0.15) is 9.78 Å². The Hall–Kier alpha value is -4.79. The molecule has 0 bridgehead atoms. The van der Waals surface area contributed by atoms with E-state index >= 15 is 0 Å². The van der Waals surface area contributed by atoms with Gasteiger partial charge < -0.3 is 14.8 Å². The number of aromatic nitrogens is 2. The molecule has 0 radical (unpaired) electrons. The third-order valence-corrected chi connectivity index (χ3v) is 4.90. The molecule has 0 spiro atoms. The maximum Gasteiger partial charge on any atom is 0.359 e. The number of ether oxygens (including phenoxy) is 2. The van der Waals surface area contributed by atoms with Crippen molar-refractivity contribution in [2.45, 2.75) is 0 Å². The van der Waals surface area contributed by atoms with Crippen LogP contribution in [0.15, 0.2) is 83.7 Å². The molecule has 9 nitrogen and oxygen atoms in total. The van der Waals surface area contributed by atoms with Gasteiger partial charge in [0.15, 0.2) is 12.3 Å². The highest BCUT2D eigenvalue weighted by Crippen LogP contribution is 2.16. The van der Waals surface area contributed by atoms with Gasteiger partial charge in [0.1, 0.15) is 0 Å². The Balaban J connectivity index is 1.55. The van der Waals surface area contributed by atoms with Crippen LogP contribution in [0, 0.1) is 0 Å². The van der Waals surface area contributed by atoms with Crippen LogP contribution in [-0.2, 0) is 14.3 Å². The third kappa shape index (κ3) is 4.68. The zero-order valence-corrected chi connectivity index (χ0v) is 18.1. The van der Waals surface area contributed by atoms with Crippen LogP contribution in [0.2, 0.25) is 0 Å². The first-order valence-corrected chi connectivity index (χ1v) is 10.2. The summed E-state index contributed by atoms with van der Waals surface area (Å²) in [5.41, 5.74) is 0.595. The Kier molecular flexibility index (Phi) is 6.45. The van der Waals surface area contributed by atoms with E-state index in [4.69, 9.17) is 4.74 Å². The van der Waals surface area contributed by atoms with E-state index in [1.54, 1.807) is 72.8 Å². The number of anilines is 1. The lowest BCUT2D eigenvalue weighted by Crippen LogP contribution is -2.26. The predicted molar refractivity (Wildman–Crippen MR) is 124 cm³/mol. The molecule has 0 aliphatic carbocycles. The summed E-state index contributed by atoms with van der Waals surface area (Å²) in [6.07, 6.45) is 0. The van der Waals surface area contributed by atoms with Crippen LogP contribution in [-0.4, -0.2) is 41.3 Å². The Morgan fingerprint density at radius 3 is 2.32 bits per heavy atom. The number of para-hydroxylation sites is 1. The summed E-state index contributed by atoms with van der Waals surface area (Å²) in [5.74, 6) is -2.02. The van der Waals surface area contributed by atoms with Crippen LogP contribution < -0.4 is 10.9 Å². The Morgan fingerprint density at radius 1 is 0.882 bits per heavy atom. The smallest absolute Gasteiger partial charge is 0.359 e. The van der Waals surface area contributed by atoms with E-state index in [0.717, 1.165) is 4.68 Å². The summed E-state index contributed by atoms with van der Waals surface area (Å²) in [4.78, 5) is 49.7. The molecule has 1 amide bonds. The van der Waals surface area contributed by atoms with Crippen LogP contribution in [0.25, 0.3) is 16.5 Å². The number of methoxy groups -OCH3 is 1. The summed E-state index contributed by atoms with van der Waals surface area (Å²) < 4.78 is 11.0. The Morgan fingerprint density at radius 2 is 1.59 bits per heavy atom. The third-order valence-electron chi connectivity index (χ3n) is 4.90. The topological polar surface area (TPSA) is 117 Å². The van der Waals surface area contributed by atoms with Crippen molar-refractivity contribution < 1.29 is 23.9 Å². The Bertz CT molecular complexity index is 1450. The number of carbonyl (C=O) groups excluding carboxylic acids is 3. The van der Waals surface area contributed by atoms with E-state index in [0.29, 0.717) is 16.8 Å². The fourth-order valence-electron chi connectivity index (χ4n) is 3.32. The van der Waals surface area contributed by atoms with Gasteiger partial charge in [-0.3, -0.25) is 9.59 Å². The van der Waals surface area contributed by atoms with Gasteiger partial charge in [-0.25, -0.2) is 9.59 Å². The average molecular weight is 457 g/mol. The number of nitrogens with one attached hydrogen (secondary N) is 1. The lowest BCUT2D eigenvalue weighted by atomic mass is 10.1. The first-order valence-electron chi connectivity index (χ1n) is 10.2. The summed E-state index contributed by atoms with van der Waals surface area (Å²) >= 11 is 0. The molecule has 0 saturated carbocycles. The quantitative estimate of drug-likeness (QED) is 0.443. The number of fused-ring (bicyclic) bond motifs is 1. The van der Waals surface area contributed by atoms with Crippen molar-refractivity contribution in [3.05, 3.63) is 100 Å². The molecule has 0 fully saturated rings. The van der Waals surface area contributed by atoms with Crippen molar-refractivity contribution in [2.24, 2.45) is 0 Å². The molecule has 3 aromatic carbocycles. The van der Waals surface area contributed by atoms with E-state index in [9.17, 15) is 19.2 Å².